The Morgan fingerprint density at radius 1 is 1.26 bits per heavy atom. The zero-order valence-corrected chi connectivity index (χ0v) is 11.2. The first-order chi connectivity index (χ1) is 9.22. The van der Waals surface area contributed by atoms with Crippen molar-refractivity contribution in [1.29, 1.82) is 0 Å². The van der Waals surface area contributed by atoms with Crippen molar-refractivity contribution in [1.82, 2.24) is 14.6 Å². The second-order valence-electron chi connectivity index (χ2n) is 4.38. The van der Waals surface area contributed by atoms with Crippen molar-refractivity contribution in [2.75, 3.05) is 5.32 Å². The van der Waals surface area contributed by atoms with Crippen LogP contribution in [-0.2, 0) is 6.54 Å². The van der Waals surface area contributed by atoms with Crippen molar-refractivity contribution in [2.24, 2.45) is 0 Å². The van der Waals surface area contributed by atoms with E-state index in [2.05, 4.69) is 15.4 Å². The summed E-state index contributed by atoms with van der Waals surface area (Å²) in [5.74, 6) is 0.620. The molecular weight excluding hydrogens is 260 g/mol. The molecular formula is C14H13ClN4. The van der Waals surface area contributed by atoms with Crippen LogP contribution in [0.25, 0.3) is 5.65 Å². The molecule has 0 aliphatic heterocycles. The van der Waals surface area contributed by atoms with E-state index in [0.717, 1.165) is 21.8 Å². The van der Waals surface area contributed by atoms with E-state index in [9.17, 15) is 0 Å². The first kappa shape index (κ1) is 12.0. The minimum atomic E-state index is 0.620. The molecule has 1 N–H and O–H groups in total. The summed E-state index contributed by atoms with van der Waals surface area (Å²) < 4.78 is 1.77. The monoisotopic (exact) mass is 272 g/mol. The molecule has 0 fully saturated rings. The number of nitrogens with one attached hydrogen (secondary N) is 1. The lowest BCUT2D eigenvalue weighted by Gasteiger charge is -2.01. The van der Waals surface area contributed by atoms with Crippen molar-refractivity contribution in [3.8, 4) is 0 Å². The van der Waals surface area contributed by atoms with E-state index in [-0.39, 0.29) is 0 Å². The lowest BCUT2D eigenvalue weighted by molar-refractivity contribution is 0.946. The smallest absolute Gasteiger partial charge is 0.243 e. The zero-order chi connectivity index (χ0) is 13.2. The average Bonchev–Trinajstić information content (AvgIpc) is 2.81. The molecule has 1 aromatic carbocycles. The number of fused-ring (bicyclic) bond motifs is 1. The highest BCUT2D eigenvalue weighted by Crippen LogP contribution is 2.13. The molecule has 0 saturated heterocycles. The Morgan fingerprint density at radius 2 is 2.16 bits per heavy atom. The summed E-state index contributed by atoms with van der Waals surface area (Å²) in [6.45, 7) is 2.67. The molecule has 0 saturated carbocycles. The Labute approximate surface area is 116 Å². The van der Waals surface area contributed by atoms with Gasteiger partial charge in [-0.05, 0) is 36.2 Å². The summed E-state index contributed by atoms with van der Waals surface area (Å²) in [6, 6.07) is 11.7. The second-order valence-corrected chi connectivity index (χ2v) is 4.81. The fourth-order valence-electron chi connectivity index (χ4n) is 1.94. The van der Waals surface area contributed by atoms with Crippen molar-refractivity contribution in [3.05, 3.63) is 58.7 Å². The molecule has 0 atom stereocenters. The third-order valence-electron chi connectivity index (χ3n) is 2.90. The minimum absolute atomic E-state index is 0.620. The molecule has 0 radical (unpaired) electrons. The van der Waals surface area contributed by atoms with Crippen LogP contribution in [0.3, 0.4) is 0 Å². The molecule has 0 amide bonds. The molecule has 2 aromatic heterocycles. The van der Waals surface area contributed by atoms with Gasteiger partial charge in [0.05, 0.1) is 0 Å². The Bertz CT molecular complexity index is 720. The quantitative estimate of drug-likeness (QED) is 0.795. The summed E-state index contributed by atoms with van der Waals surface area (Å²) in [5.41, 5.74) is 3.07. The highest BCUT2D eigenvalue weighted by atomic mass is 35.5. The van der Waals surface area contributed by atoms with Crippen molar-refractivity contribution >= 4 is 23.2 Å². The van der Waals surface area contributed by atoms with E-state index in [1.54, 1.807) is 4.52 Å². The fourth-order valence-corrected chi connectivity index (χ4v) is 2.16. The van der Waals surface area contributed by atoms with Gasteiger partial charge in [-0.25, -0.2) is 4.52 Å². The number of hydrogen-bond acceptors (Lipinski definition) is 3. The molecule has 4 nitrogen and oxygen atoms in total. The number of hydrogen-bond donors (Lipinski definition) is 1. The molecule has 0 spiro atoms. The molecule has 5 heteroatoms. The summed E-state index contributed by atoms with van der Waals surface area (Å²) >= 11 is 5.95. The number of aryl methyl sites for hydroxylation is 1. The van der Waals surface area contributed by atoms with E-state index in [1.807, 2.05) is 49.5 Å². The predicted molar refractivity (Wildman–Crippen MR) is 76.5 cm³/mol. The lowest BCUT2D eigenvalue weighted by Crippen LogP contribution is -2.01. The number of anilines is 1. The second kappa shape index (κ2) is 4.90. The maximum Gasteiger partial charge on any atom is 0.243 e. The van der Waals surface area contributed by atoms with Crippen LogP contribution in [0.15, 0.2) is 42.6 Å². The van der Waals surface area contributed by atoms with Crippen LogP contribution in [0, 0.1) is 6.92 Å². The molecule has 3 rings (SSSR count). The Kier molecular flexibility index (Phi) is 3.09. The molecule has 0 aliphatic carbocycles. The lowest BCUT2D eigenvalue weighted by atomic mass is 10.2. The number of pyridine rings is 1. The first-order valence-electron chi connectivity index (χ1n) is 6.03. The van der Waals surface area contributed by atoms with Crippen molar-refractivity contribution in [3.63, 3.8) is 0 Å². The zero-order valence-electron chi connectivity index (χ0n) is 10.5. The summed E-state index contributed by atoms with van der Waals surface area (Å²) in [7, 11) is 0. The average molecular weight is 273 g/mol. The SMILES string of the molecule is Cc1cccn2nc(NCc3cccc(Cl)c3)nc12. The van der Waals surface area contributed by atoms with Crippen LogP contribution in [0.2, 0.25) is 5.02 Å². The van der Waals surface area contributed by atoms with Gasteiger partial charge in [0.15, 0.2) is 5.65 Å². The first-order valence-corrected chi connectivity index (χ1v) is 6.40. The largest absolute Gasteiger partial charge is 0.349 e. The van der Waals surface area contributed by atoms with Gasteiger partial charge in [0.25, 0.3) is 0 Å². The maximum atomic E-state index is 5.95. The third-order valence-corrected chi connectivity index (χ3v) is 3.13. The molecule has 19 heavy (non-hydrogen) atoms. The highest BCUT2D eigenvalue weighted by molar-refractivity contribution is 6.30. The minimum Gasteiger partial charge on any atom is -0.349 e. The van der Waals surface area contributed by atoms with Crippen LogP contribution in [-0.4, -0.2) is 14.6 Å². The normalized spacial score (nSPS) is 10.8. The van der Waals surface area contributed by atoms with Crippen LogP contribution in [0.5, 0.6) is 0 Å². The molecule has 0 bridgehead atoms. The standard InChI is InChI=1S/C14H13ClN4/c1-10-4-3-7-19-13(10)17-14(18-19)16-9-11-5-2-6-12(15)8-11/h2-8H,9H2,1H3,(H,16,18). The van der Waals surface area contributed by atoms with Crippen molar-refractivity contribution < 1.29 is 0 Å². The van der Waals surface area contributed by atoms with Gasteiger partial charge < -0.3 is 5.32 Å². The topological polar surface area (TPSA) is 42.2 Å². The Hall–Kier alpha value is -2.07. The summed E-state index contributed by atoms with van der Waals surface area (Å²) in [6.07, 6.45) is 1.89. The molecule has 2 heterocycles. The summed E-state index contributed by atoms with van der Waals surface area (Å²) in [4.78, 5) is 4.46. The number of rotatable bonds is 3. The summed E-state index contributed by atoms with van der Waals surface area (Å²) in [5, 5.41) is 8.31. The number of aromatic nitrogens is 3. The molecule has 3 aromatic rings. The van der Waals surface area contributed by atoms with Crippen LogP contribution in [0.1, 0.15) is 11.1 Å². The van der Waals surface area contributed by atoms with E-state index < -0.39 is 0 Å². The van der Waals surface area contributed by atoms with Crippen molar-refractivity contribution in [2.45, 2.75) is 13.5 Å². The Morgan fingerprint density at radius 3 is 2.95 bits per heavy atom. The molecule has 96 valence electrons. The molecule has 0 aliphatic rings. The van der Waals surface area contributed by atoms with Crippen LogP contribution in [0.4, 0.5) is 5.95 Å². The number of benzene rings is 1. The van der Waals surface area contributed by atoms with Crippen LogP contribution >= 0.6 is 11.6 Å². The van der Waals surface area contributed by atoms with Gasteiger partial charge in [0.1, 0.15) is 0 Å². The van der Waals surface area contributed by atoms with Gasteiger partial charge in [-0.1, -0.05) is 29.8 Å². The fraction of sp³-hybridized carbons (Fsp3) is 0.143. The highest BCUT2D eigenvalue weighted by Gasteiger charge is 2.04. The molecule has 0 unspecified atom stereocenters. The van der Waals surface area contributed by atoms with Gasteiger partial charge in [0.2, 0.25) is 5.95 Å². The van der Waals surface area contributed by atoms with Gasteiger partial charge in [-0.2, -0.15) is 4.98 Å². The van der Waals surface area contributed by atoms with Gasteiger partial charge >= 0.3 is 0 Å². The third kappa shape index (κ3) is 2.53. The number of halogens is 1. The van der Waals surface area contributed by atoms with E-state index in [0.29, 0.717) is 12.5 Å². The van der Waals surface area contributed by atoms with Gasteiger partial charge in [-0.3, -0.25) is 0 Å². The van der Waals surface area contributed by atoms with E-state index in [4.69, 9.17) is 11.6 Å². The Balaban J connectivity index is 1.80. The van der Waals surface area contributed by atoms with Crippen LogP contribution < -0.4 is 5.32 Å². The predicted octanol–water partition coefficient (Wildman–Crippen LogP) is 3.30. The number of nitrogens with zero attached hydrogens (tertiary/aromatic N) is 3. The van der Waals surface area contributed by atoms with Gasteiger partial charge in [0, 0.05) is 17.8 Å². The van der Waals surface area contributed by atoms with E-state index in [1.165, 1.54) is 0 Å². The van der Waals surface area contributed by atoms with E-state index >= 15 is 0 Å². The maximum absolute atomic E-state index is 5.95. The van der Waals surface area contributed by atoms with Gasteiger partial charge in [-0.15, -0.1) is 5.10 Å².